The van der Waals surface area contributed by atoms with Gasteiger partial charge in [0.15, 0.2) is 0 Å². The van der Waals surface area contributed by atoms with Crippen LogP contribution in [0.1, 0.15) is 47.2 Å². The molecule has 242 valence electrons. The number of nitrogens with one attached hydrogen (secondary N) is 1. The van der Waals surface area contributed by atoms with Crippen molar-refractivity contribution in [1.29, 1.82) is 0 Å². The van der Waals surface area contributed by atoms with Crippen LogP contribution in [0.5, 0.6) is 0 Å². The Bertz CT molecular complexity index is 1750. The van der Waals surface area contributed by atoms with Gasteiger partial charge < -0.3 is 10.2 Å². The summed E-state index contributed by atoms with van der Waals surface area (Å²) < 4.78 is 29.8. The minimum atomic E-state index is -4.16. The second-order valence-corrected chi connectivity index (χ2v) is 14.3. The molecule has 0 bridgehead atoms. The average molecular weight is 640 g/mol. The number of carbonyl (C=O) groups excluding carboxylic acids is 2. The quantitative estimate of drug-likeness (QED) is 0.180. The standard InChI is InChI=1S/C38H45N3O4S/c1-27(2)24-39-38(43)36(23-32-13-8-7-9-14-32)40(25-33-15-11-10-12-30(33)5)37(42)26-41(35-21-18-29(4)22-31(35)6)46(44,45)34-19-16-28(3)17-20-34/h7-22,27,36H,23-26H2,1-6H3,(H,39,43)/t36-/m1/s1. The van der Waals surface area contributed by atoms with Gasteiger partial charge in [0.2, 0.25) is 11.8 Å². The van der Waals surface area contributed by atoms with E-state index in [1.807, 2.05) is 108 Å². The van der Waals surface area contributed by atoms with E-state index in [2.05, 4.69) is 5.32 Å². The van der Waals surface area contributed by atoms with E-state index in [4.69, 9.17) is 0 Å². The van der Waals surface area contributed by atoms with Gasteiger partial charge in [0.25, 0.3) is 10.0 Å². The number of amides is 2. The highest BCUT2D eigenvalue weighted by molar-refractivity contribution is 7.92. The second kappa shape index (κ2) is 15.2. The second-order valence-electron chi connectivity index (χ2n) is 12.4. The Labute approximate surface area is 274 Å². The molecule has 0 radical (unpaired) electrons. The molecule has 4 rings (SSSR count). The number of hydrogen-bond donors (Lipinski definition) is 1. The van der Waals surface area contributed by atoms with E-state index in [0.717, 1.165) is 33.4 Å². The summed E-state index contributed by atoms with van der Waals surface area (Å²) in [7, 11) is -4.16. The summed E-state index contributed by atoms with van der Waals surface area (Å²) in [6.45, 7) is 11.8. The predicted molar refractivity (Wildman–Crippen MR) is 185 cm³/mol. The first-order valence-corrected chi connectivity index (χ1v) is 17.1. The molecule has 4 aromatic carbocycles. The van der Waals surface area contributed by atoms with Gasteiger partial charge in [-0.25, -0.2) is 8.42 Å². The lowest BCUT2D eigenvalue weighted by Gasteiger charge is -2.34. The summed E-state index contributed by atoms with van der Waals surface area (Å²) in [5, 5.41) is 3.04. The smallest absolute Gasteiger partial charge is 0.264 e. The number of rotatable bonds is 13. The SMILES string of the molecule is Cc1ccc(S(=O)(=O)N(CC(=O)N(Cc2ccccc2C)[C@H](Cc2ccccc2)C(=O)NCC(C)C)c2ccc(C)cc2C)cc1. The Morgan fingerprint density at radius 2 is 1.39 bits per heavy atom. The zero-order chi connectivity index (χ0) is 33.4. The highest BCUT2D eigenvalue weighted by Crippen LogP contribution is 2.29. The van der Waals surface area contributed by atoms with Gasteiger partial charge in [0, 0.05) is 19.5 Å². The third kappa shape index (κ3) is 8.63. The number of aryl methyl sites for hydroxylation is 4. The topological polar surface area (TPSA) is 86.8 Å². The number of hydrogen-bond acceptors (Lipinski definition) is 4. The minimum Gasteiger partial charge on any atom is -0.354 e. The van der Waals surface area contributed by atoms with Crippen LogP contribution in [0.4, 0.5) is 5.69 Å². The van der Waals surface area contributed by atoms with Crippen LogP contribution in [0.3, 0.4) is 0 Å². The summed E-state index contributed by atoms with van der Waals surface area (Å²) in [6, 6.07) is 28.5. The summed E-state index contributed by atoms with van der Waals surface area (Å²) >= 11 is 0. The molecule has 0 unspecified atom stereocenters. The molecule has 0 heterocycles. The molecule has 0 aliphatic carbocycles. The van der Waals surface area contributed by atoms with Gasteiger partial charge in [-0.15, -0.1) is 0 Å². The minimum absolute atomic E-state index is 0.0897. The Balaban J connectivity index is 1.83. The number of benzene rings is 4. The third-order valence-electron chi connectivity index (χ3n) is 8.07. The first kappa shape index (κ1) is 34.4. The highest BCUT2D eigenvalue weighted by atomic mass is 32.2. The van der Waals surface area contributed by atoms with Crippen molar-refractivity contribution in [2.45, 2.75) is 65.4 Å². The van der Waals surface area contributed by atoms with Gasteiger partial charge in [0.05, 0.1) is 10.6 Å². The van der Waals surface area contributed by atoms with Gasteiger partial charge in [-0.3, -0.25) is 13.9 Å². The van der Waals surface area contributed by atoms with Crippen molar-refractivity contribution in [3.05, 3.63) is 130 Å². The highest BCUT2D eigenvalue weighted by Gasteiger charge is 2.35. The van der Waals surface area contributed by atoms with E-state index < -0.39 is 28.5 Å². The van der Waals surface area contributed by atoms with E-state index >= 15 is 0 Å². The third-order valence-corrected chi connectivity index (χ3v) is 9.84. The Hall–Kier alpha value is -4.43. The molecule has 0 saturated carbocycles. The summed E-state index contributed by atoms with van der Waals surface area (Å²) in [4.78, 5) is 30.2. The van der Waals surface area contributed by atoms with Crippen LogP contribution in [-0.4, -0.2) is 44.3 Å². The van der Waals surface area contributed by atoms with Gasteiger partial charge in [-0.05, 0) is 74.1 Å². The molecule has 46 heavy (non-hydrogen) atoms. The molecule has 0 aromatic heterocycles. The number of nitrogens with zero attached hydrogens (tertiary/aromatic N) is 2. The Morgan fingerprint density at radius 1 is 0.761 bits per heavy atom. The van der Waals surface area contributed by atoms with E-state index in [1.165, 1.54) is 4.31 Å². The van der Waals surface area contributed by atoms with Crippen molar-refractivity contribution < 1.29 is 18.0 Å². The van der Waals surface area contributed by atoms with Crippen LogP contribution >= 0.6 is 0 Å². The zero-order valence-corrected chi connectivity index (χ0v) is 28.5. The Kier molecular flexibility index (Phi) is 11.4. The molecule has 0 spiro atoms. The van der Waals surface area contributed by atoms with E-state index in [0.29, 0.717) is 12.2 Å². The van der Waals surface area contributed by atoms with Gasteiger partial charge >= 0.3 is 0 Å². The van der Waals surface area contributed by atoms with Gasteiger partial charge in [-0.2, -0.15) is 0 Å². The monoisotopic (exact) mass is 639 g/mol. The lowest BCUT2D eigenvalue weighted by molar-refractivity contribution is -0.140. The van der Waals surface area contributed by atoms with E-state index in [9.17, 15) is 18.0 Å². The van der Waals surface area contributed by atoms with Gasteiger partial charge in [-0.1, -0.05) is 104 Å². The fourth-order valence-electron chi connectivity index (χ4n) is 5.38. The molecule has 0 fully saturated rings. The molecular formula is C38H45N3O4S. The molecule has 0 saturated heterocycles. The molecule has 7 nitrogen and oxygen atoms in total. The molecule has 0 aliphatic heterocycles. The lowest BCUT2D eigenvalue weighted by Crippen LogP contribution is -2.54. The van der Waals surface area contributed by atoms with Crippen LogP contribution in [0.2, 0.25) is 0 Å². The van der Waals surface area contributed by atoms with E-state index in [-0.39, 0.29) is 29.7 Å². The van der Waals surface area contributed by atoms with Crippen LogP contribution in [-0.2, 0) is 32.6 Å². The van der Waals surface area contributed by atoms with Crippen LogP contribution in [0.15, 0.2) is 102 Å². The maximum atomic E-state index is 14.7. The number of carbonyl (C=O) groups is 2. The van der Waals surface area contributed by atoms with Crippen molar-refractivity contribution in [2.75, 3.05) is 17.4 Å². The fraction of sp³-hybridized carbons (Fsp3) is 0.316. The predicted octanol–water partition coefficient (Wildman–Crippen LogP) is 6.53. The largest absolute Gasteiger partial charge is 0.354 e. The van der Waals surface area contributed by atoms with Crippen LogP contribution < -0.4 is 9.62 Å². The van der Waals surface area contributed by atoms with Crippen molar-refractivity contribution >= 4 is 27.5 Å². The molecule has 1 N–H and O–H groups in total. The van der Waals surface area contributed by atoms with Crippen LogP contribution in [0.25, 0.3) is 0 Å². The zero-order valence-electron chi connectivity index (χ0n) is 27.7. The lowest BCUT2D eigenvalue weighted by atomic mass is 10.0. The molecule has 2 amide bonds. The Morgan fingerprint density at radius 3 is 2.02 bits per heavy atom. The summed E-state index contributed by atoms with van der Waals surface area (Å²) in [5.41, 5.74) is 5.79. The van der Waals surface area contributed by atoms with E-state index in [1.54, 1.807) is 35.2 Å². The molecule has 0 aliphatic rings. The average Bonchev–Trinajstić information content (AvgIpc) is 3.02. The first-order valence-electron chi connectivity index (χ1n) is 15.7. The van der Waals surface area contributed by atoms with Gasteiger partial charge in [0.1, 0.15) is 12.6 Å². The maximum Gasteiger partial charge on any atom is 0.264 e. The van der Waals surface area contributed by atoms with Crippen molar-refractivity contribution in [2.24, 2.45) is 5.92 Å². The molecular weight excluding hydrogens is 595 g/mol. The molecule has 8 heteroatoms. The first-order chi connectivity index (χ1) is 21.9. The fourth-order valence-corrected chi connectivity index (χ4v) is 6.86. The van der Waals surface area contributed by atoms with Crippen molar-refractivity contribution in [3.63, 3.8) is 0 Å². The molecule has 4 aromatic rings. The van der Waals surface area contributed by atoms with Crippen molar-refractivity contribution in [3.8, 4) is 0 Å². The maximum absolute atomic E-state index is 14.7. The number of sulfonamides is 1. The van der Waals surface area contributed by atoms with Crippen molar-refractivity contribution in [1.82, 2.24) is 10.2 Å². The summed E-state index contributed by atoms with van der Waals surface area (Å²) in [6.07, 6.45) is 0.274. The molecule has 1 atom stereocenters. The normalized spacial score (nSPS) is 12.1. The van der Waals surface area contributed by atoms with Crippen LogP contribution in [0, 0.1) is 33.6 Å². The summed E-state index contributed by atoms with van der Waals surface area (Å²) in [5.74, 6) is -0.542. The number of anilines is 1.